The third-order valence-electron chi connectivity index (χ3n) is 3.46. The standard InChI is InChI=1S/C18H15NO3/c1-2-22-13-9-7-12(8-10-13)17(20)15-11-19-16-6-4-3-5-14(16)18(15)21/h3-11H,2H2,1H3,(H,19,21). The highest BCUT2D eigenvalue weighted by Crippen LogP contribution is 2.15. The highest BCUT2D eigenvalue weighted by Gasteiger charge is 2.14. The summed E-state index contributed by atoms with van der Waals surface area (Å²) in [5, 5.41) is 0.513. The minimum absolute atomic E-state index is 0.142. The summed E-state index contributed by atoms with van der Waals surface area (Å²) in [6.07, 6.45) is 1.48. The molecule has 0 fully saturated rings. The molecule has 0 atom stereocenters. The molecule has 0 bridgehead atoms. The first kappa shape index (κ1) is 14.1. The lowest BCUT2D eigenvalue weighted by Crippen LogP contribution is -2.16. The largest absolute Gasteiger partial charge is 0.494 e. The van der Waals surface area contributed by atoms with Crippen LogP contribution in [0, 0.1) is 0 Å². The second-order valence-corrected chi connectivity index (χ2v) is 4.86. The van der Waals surface area contributed by atoms with Crippen molar-refractivity contribution in [1.82, 2.24) is 4.98 Å². The van der Waals surface area contributed by atoms with Gasteiger partial charge in [-0.2, -0.15) is 0 Å². The van der Waals surface area contributed by atoms with Crippen molar-refractivity contribution < 1.29 is 9.53 Å². The second-order valence-electron chi connectivity index (χ2n) is 4.86. The van der Waals surface area contributed by atoms with E-state index in [1.54, 1.807) is 36.4 Å². The Morgan fingerprint density at radius 2 is 1.82 bits per heavy atom. The van der Waals surface area contributed by atoms with Gasteiger partial charge in [0.05, 0.1) is 12.2 Å². The molecule has 0 spiro atoms. The molecule has 0 amide bonds. The fourth-order valence-electron chi connectivity index (χ4n) is 2.36. The first-order chi connectivity index (χ1) is 10.7. The van der Waals surface area contributed by atoms with E-state index < -0.39 is 0 Å². The maximum Gasteiger partial charge on any atom is 0.200 e. The van der Waals surface area contributed by atoms with Gasteiger partial charge in [0.1, 0.15) is 5.75 Å². The molecule has 4 heteroatoms. The Hall–Kier alpha value is -2.88. The topological polar surface area (TPSA) is 59.2 Å². The van der Waals surface area contributed by atoms with Crippen LogP contribution in [0.3, 0.4) is 0 Å². The molecular formula is C18H15NO3. The molecule has 1 aromatic heterocycles. The van der Waals surface area contributed by atoms with Crippen molar-refractivity contribution in [3.8, 4) is 5.75 Å². The Labute approximate surface area is 127 Å². The average molecular weight is 293 g/mol. The number of carbonyl (C=O) groups excluding carboxylic acids is 1. The number of rotatable bonds is 4. The van der Waals surface area contributed by atoms with E-state index in [0.717, 1.165) is 5.52 Å². The maximum absolute atomic E-state index is 12.5. The monoisotopic (exact) mass is 293 g/mol. The van der Waals surface area contributed by atoms with Crippen molar-refractivity contribution in [3.05, 3.63) is 76.1 Å². The van der Waals surface area contributed by atoms with Crippen LogP contribution < -0.4 is 10.2 Å². The van der Waals surface area contributed by atoms with Crippen molar-refractivity contribution in [2.75, 3.05) is 6.61 Å². The molecule has 2 aromatic carbocycles. The predicted octanol–water partition coefficient (Wildman–Crippen LogP) is 3.16. The predicted molar refractivity (Wildman–Crippen MR) is 85.6 cm³/mol. The number of hydrogen-bond donors (Lipinski definition) is 1. The summed E-state index contributed by atoms with van der Waals surface area (Å²) in [5.74, 6) is 0.404. The van der Waals surface area contributed by atoms with Gasteiger partial charge >= 0.3 is 0 Å². The molecule has 4 nitrogen and oxygen atoms in total. The van der Waals surface area contributed by atoms with Gasteiger partial charge in [-0.1, -0.05) is 12.1 Å². The zero-order valence-corrected chi connectivity index (χ0v) is 12.1. The molecule has 0 aliphatic carbocycles. The van der Waals surface area contributed by atoms with Gasteiger partial charge in [-0.3, -0.25) is 9.59 Å². The first-order valence-corrected chi connectivity index (χ1v) is 7.08. The quantitative estimate of drug-likeness (QED) is 0.752. The fourth-order valence-corrected chi connectivity index (χ4v) is 2.36. The third kappa shape index (κ3) is 2.51. The van der Waals surface area contributed by atoms with Crippen LogP contribution in [-0.4, -0.2) is 17.4 Å². The van der Waals surface area contributed by atoms with Crippen molar-refractivity contribution >= 4 is 16.7 Å². The van der Waals surface area contributed by atoms with Gasteiger partial charge in [0.2, 0.25) is 5.43 Å². The summed E-state index contributed by atoms with van der Waals surface area (Å²) in [7, 11) is 0. The lowest BCUT2D eigenvalue weighted by Gasteiger charge is -2.05. The van der Waals surface area contributed by atoms with Gasteiger partial charge in [-0.15, -0.1) is 0 Å². The van der Waals surface area contributed by atoms with Crippen LogP contribution in [0.4, 0.5) is 0 Å². The first-order valence-electron chi connectivity index (χ1n) is 7.08. The van der Waals surface area contributed by atoms with Crippen molar-refractivity contribution in [3.63, 3.8) is 0 Å². The second kappa shape index (κ2) is 5.85. The SMILES string of the molecule is CCOc1ccc(C(=O)c2c[nH]c3ccccc3c2=O)cc1. The highest BCUT2D eigenvalue weighted by atomic mass is 16.5. The molecule has 3 rings (SSSR count). The zero-order valence-electron chi connectivity index (χ0n) is 12.1. The molecule has 0 saturated carbocycles. The van der Waals surface area contributed by atoms with Gasteiger partial charge in [0.15, 0.2) is 5.78 Å². The Bertz CT molecular complexity index is 879. The molecule has 0 radical (unpaired) electrons. The number of carbonyl (C=O) groups is 1. The third-order valence-corrected chi connectivity index (χ3v) is 3.46. The van der Waals surface area contributed by atoms with E-state index in [4.69, 9.17) is 4.74 Å². The molecular weight excluding hydrogens is 278 g/mol. The van der Waals surface area contributed by atoms with Crippen molar-refractivity contribution in [2.24, 2.45) is 0 Å². The maximum atomic E-state index is 12.5. The van der Waals surface area contributed by atoms with E-state index in [2.05, 4.69) is 4.98 Å². The van der Waals surface area contributed by atoms with Crippen molar-refractivity contribution in [1.29, 1.82) is 0 Å². The Balaban J connectivity index is 2.01. The molecule has 1 N–H and O–H groups in total. The Morgan fingerprint density at radius 1 is 1.09 bits per heavy atom. The van der Waals surface area contributed by atoms with Gasteiger partial charge in [0, 0.05) is 22.7 Å². The Kier molecular flexibility index (Phi) is 3.74. The number of para-hydroxylation sites is 1. The van der Waals surface area contributed by atoms with E-state index in [0.29, 0.717) is 23.3 Å². The highest BCUT2D eigenvalue weighted by molar-refractivity contribution is 6.10. The van der Waals surface area contributed by atoms with E-state index in [1.165, 1.54) is 6.20 Å². The fraction of sp³-hybridized carbons (Fsp3) is 0.111. The number of fused-ring (bicyclic) bond motifs is 1. The van der Waals surface area contributed by atoms with Crippen LogP contribution in [-0.2, 0) is 0 Å². The molecule has 0 aliphatic rings. The number of ether oxygens (including phenoxy) is 1. The molecule has 1 heterocycles. The van der Waals surface area contributed by atoms with Gasteiger partial charge in [-0.25, -0.2) is 0 Å². The molecule has 3 aromatic rings. The molecule has 0 unspecified atom stereocenters. The average Bonchev–Trinajstić information content (AvgIpc) is 2.56. The van der Waals surface area contributed by atoms with Gasteiger partial charge < -0.3 is 9.72 Å². The van der Waals surface area contributed by atoms with E-state index in [1.807, 2.05) is 19.1 Å². The van der Waals surface area contributed by atoms with E-state index >= 15 is 0 Å². The van der Waals surface area contributed by atoms with E-state index in [9.17, 15) is 9.59 Å². The van der Waals surface area contributed by atoms with Crippen LogP contribution in [0.2, 0.25) is 0 Å². The van der Waals surface area contributed by atoms with Gasteiger partial charge in [0.25, 0.3) is 0 Å². The number of nitrogens with one attached hydrogen (secondary N) is 1. The lowest BCUT2D eigenvalue weighted by molar-refractivity contribution is 0.103. The number of benzene rings is 2. The number of H-pyrrole nitrogens is 1. The normalized spacial score (nSPS) is 10.6. The van der Waals surface area contributed by atoms with Crippen LogP contribution in [0.1, 0.15) is 22.8 Å². The van der Waals surface area contributed by atoms with Gasteiger partial charge in [-0.05, 0) is 43.3 Å². The number of aromatic amines is 1. The Morgan fingerprint density at radius 3 is 2.55 bits per heavy atom. The summed E-state index contributed by atoms with van der Waals surface area (Å²) in [6, 6.07) is 13.9. The van der Waals surface area contributed by atoms with Crippen LogP contribution in [0.25, 0.3) is 10.9 Å². The van der Waals surface area contributed by atoms with Crippen LogP contribution in [0.15, 0.2) is 59.5 Å². The minimum Gasteiger partial charge on any atom is -0.494 e. The summed E-state index contributed by atoms with van der Waals surface area (Å²) in [5.41, 5.74) is 1.07. The molecule has 110 valence electrons. The number of pyridine rings is 1. The van der Waals surface area contributed by atoms with Crippen molar-refractivity contribution in [2.45, 2.75) is 6.92 Å². The number of ketones is 1. The molecule has 22 heavy (non-hydrogen) atoms. The molecule has 0 saturated heterocycles. The summed E-state index contributed by atoms with van der Waals surface area (Å²) < 4.78 is 5.35. The van der Waals surface area contributed by atoms with Crippen LogP contribution in [0.5, 0.6) is 5.75 Å². The molecule has 0 aliphatic heterocycles. The summed E-state index contributed by atoms with van der Waals surface area (Å²) in [6.45, 7) is 2.46. The number of aromatic nitrogens is 1. The smallest absolute Gasteiger partial charge is 0.200 e. The zero-order chi connectivity index (χ0) is 15.5. The van der Waals surface area contributed by atoms with E-state index in [-0.39, 0.29) is 16.8 Å². The summed E-state index contributed by atoms with van der Waals surface area (Å²) in [4.78, 5) is 28.0. The minimum atomic E-state index is -0.296. The summed E-state index contributed by atoms with van der Waals surface area (Å²) >= 11 is 0. The van der Waals surface area contributed by atoms with Crippen LogP contribution >= 0.6 is 0 Å². The lowest BCUT2D eigenvalue weighted by atomic mass is 10.0. The number of hydrogen-bond acceptors (Lipinski definition) is 3.